The van der Waals surface area contributed by atoms with Crippen LogP contribution in [0, 0.1) is 0 Å². The zero-order chi connectivity index (χ0) is 15.6. The molecular formula is C16H18F3N3. The van der Waals surface area contributed by atoms with Gasteiger partial charge in [-0.3, -0.25) is 0 Å². The smallest absolute Gasteiger partial charge is 0.332 e. The van der Waals surface area contributed by atoms with E-state index in [2.05, 4.69) is 14.9 Å². The summed E-state index contributed by atoms with van der Waals surface area (Å²) in [5, 5.41) is 3.33. The Labute approximate surface area is 127 Å². The summed E-state index contributed by atoms with van der Waals surface area (Å²) in [4.78, 5) is 4.38. The molecule has 1 aromatic heterocycles. The molecule has 1 N–H and O–H groups in total. The van der Waals surface area contributed by atoms with Crippen LogP contribution in [-0.4, -0.2) is 22.6 Å². The molecule has 1 aliphatic heterocycles. The second-order valence-corrected chi connectivity index (χ2v) is 5.60. The number of hydrogen-bond donors (Lipinski definition) is 1. The fourth-order valence-electron chi connectivity index (χ4n) is 2.89. The monoisotopic (exact) mass is 309 g/mol. The molecule has 0 radical (unpaired) electrons. The molecule has 1 fully saturated rings. The number of hydrogen-bond acceptors (Lipinski definition) is 2. The maximum absolute atomic E-state index is 12.6. The van der Waals surface area contributed by atoms with Gasteiger partial charge in [-0.25, -0.2) is 4.98 Å². The Bertz CT molecular complexity index is 610. The molecule has 3 rings (SSSR count). The summed E-state index contributed by atoms with van der Waals surface area (Å²) < 4.78 is 39.9. The normalized spacial score (nSPS) is 16.9. The van der Waals surface area contributed by atoms with Crippen LogP contribution < -0.4 is 5.32 Å². The van der Waals surface area contributed by atoms with Gasteiger partial charge in [0.25, 0.3) is 0 Å². The van der Waals surface area contributed by atoms with E-state index in [0.717, 1.165) is 49.5 Å². The van der Waals surface area contributed by atoms with Gasteiger partial charge in [0.05, 0.1) is 5.56 Å². The molecule has 0 aliphatic carbocycles. The van der Waals surface area contributed by atoms with Crippen LogP contribution in [-0.2, 0) is 12.6 Å². The minimum Gasteiger partial charge on any atom is -0.332 e. The lowest BCUT2D eigenvalue weighted by Crippen LogP contribution is -2.29. The molecule has 0 spiro atoms. The van der Waals surface area contributed by atoms with E-state index in [4.69, 9.17) is 0 Å². The molecule has 118 valence electrons. The second-order valence-electron chi connectivity index (χ2n) is 5.60. The highest BCUT2D eigenvalue weighted by Crippen LogP contribution is 2.29. The predicted molar refractivity (Wildman–Crippen MR) is 77.6 cm³/mol. The minimum atomic E-state index is -4.29. The molecular weight excluding hydrogens is 291 g/mol. The Kier molecular flexibility index (Phi) is 4.20. The van der Waals surface area contributed by atoms with Crippen molar-refractivity contribution in [1.29, 1.82) is 0 Å². The average molecular weight is 309 g/mol. The zero-order valence-electron chi connectivity index (χ0n) is 12.1. The van der Waals surface area contributed by atoms with Gasteiger partial charge in [-0.05, 0) is 43.6 Å². The van der Waals surface area contributed by atoms with Crippen molar-refractivity contribution in [1.82, 2.24) is 14.9 Å². The highest BCUT2D eigenvalue weighted by atomic mass is 19.4. The molecule has 1 aromatic carbocycles. The van der Waals surface area contributed by atoms with Gasteiger partial charge in [0.15, 0.2) is 0 Å². The van der Waals surface area contributed by atoms with E-state index in [1.807, 2.05) is 6.20 Å². The number of aromatic nitrogens is 2. The Hall–Kier alpha value is -1.82. The number of halogens is 3. The van der Waals surface area contributed by atoms with Crippen molar-refractivity contribution in [3.63, 3.8) is 0 Å². The first-order valence-electron chi connectivity index (χ1n) is 7.42. The molecule has 22 heavy (non-hydrogen) atoms. The number of nitrogens with one attached hydrogen (secondary N) is 1. The largest absolute Gasteiger partial charge is 0.416 e. The summed E-state index contributed by atoms with van der Waals surface area (Å²) in [6.07, 6.45) is 2.10. The van der Waals surface area contributed by atoms with Crippen LogP contribution in [0.4, 0.5) is 13.2 Å². The molecule has 2 heterocycles. The van der Waals surface area contributed by atoms with Gasteiger partial charge in [0.2, 0.25) is 0 Å². The van der Waals surface area contributed by atoms with Crippen molar-refractivity contribution in [3.8, 4) is 0 Å². The summed E-state index contributed by atoms with van der Waals surface area (Å²) >= 11 is 0. The van der Waals surface area contributed by atoms with Crippen LogP contribution in [0.3, 0.4) is 0 Å². The lowest BCUT2D eigenvalue weighted by Gasteiger charge is -2.25. The van der Waals surface area contributed by atoms with Crippen molar-refractivity contribution in [2.24, 2.45) is 0 Å². The lowest BCUT2D eigenvalue weighted by atomic mass is 10.1. The van der Waals surface area contributed by atoms with Crippen LogP contribution in [0.25, 0.3) is 0 Å². The fourth-order valence-corrected chi connectivity index (χ4v) is 2.89. The van der Waals surface area contributed by atoms with Gasteiger partial charge in [-0.15, -0.1) is 0 Å². The molecule has 1 saturated heterocycles. The molecule has 6 heteroatoms. The number of piperidine rings is 1. The number of imidazole rings is 1. The Balaban J connectivity index is 1.75. The first-order valence-corrected chi connectivity index (χ1v) is 7.42. The Morgan fingerprint density at radius 1 is 1.14 bits per heavy atom. The van der Waals surface area contributed by atoms with Gasteiger partial charge in [-0.2, -0.15) is 13.2 Å². The predicted octanol–water partition coefficient (Wildman–Crippen LogP) is 3.42. The van der Waals surface area contributed by atoms with Crippen molar-refractivity contribution in [2.75, 3.05) is 13.1 Å². The molecule has 0 unspecified atom stereocenters. The summed E-state index contributed by atoms with van der Waals surface area (Å²) in [5.74, 6) is 0.909. The highest BCUT2D eigenvalue weighted by molar-refractivity contribution is 5.26. The molecule has 0 bridgehead atoms. The zero-order valence-corrected chi connectivity index (χ0v) is 12.1. The fraction of sp³-hybridized carbons (Fsp3) is 0.438. The van der Waals surface area contributed by atoms with Crippen LogP contribution in [0.5, 0.6) is 0 Å². The molecule has 0 atom stereocenters. The summed E-state index contributed by atoms with van der Waals surface area (Å²) in [6.45, 7) is 1.98. The number of nitrogens with zero attached hydrogens (tertiary/aromatic N) is 2. The molecule has 3 nitrogen and oxygen atoms in total. The van der Waals surface area contributed by atoms with E-state index in [-0.39, 0.29) is 0 Å². The Morgan fingerprint density at radius 2 is 1.82 bits per heavy atom. The second kappa shape index (κ2) is 6.12. The van der Waals surface area contributed by atoms with Gasteiger partial charge < -0.3 is 9.88 Å². The summed E-state index contributed by atoms with van der Waals surface area (Å²) in [6, 6.07) is 5.75. The van der Waals surface area contributed by atoms with Crippen LogP contribution in [0.2, 0.25) is 0 Å². The molecule has 0 amide bonds. The van der Waals surface area contributed by atoms with E-state index < -0.39 is 11.7 Å². The van der Waals surface area contributed by atoms with Crippen molar-refractivity contribution in [3.05, 3.63) is 53.6 Å². The van der Waals surface area contributed by atoms with Gasteiger partial charge in [-0.1, -0.05) is 12.1 Å². The van der Waals surface area contributed by atoms with Crippen LogP contribution in [0.1, 0.15) is 35.8 Å². The highest BCUT2D eigenvalue weighted by Gasteiger charge is 2.30. The van der Waals surface area contributed by atoms with E-state index in [1.54, 1.807) is 6.20 Å². The summed E-state index contributed by atoms with van der Waals surface area (Å²) in [7, 11) is 0. The molecule has 0 saturated carbocycles. The third-order valence-corrected chi connectivity index (χ3v) is 4.09. The van der Waals surface area contributed by atoms with E-state index in [9.17, 15) is 13.2 Å². The number of alkyl halides is 3. The quantitative estimate of drug-likeness (QED) is 0.941. The van der Waals surface area contributed by atoms with Crippen molar-refractivity contribution >= 4 is 0 Å². The van der Waals surface area contributed by atoms with E-state index in [1.165, 1.54) is 12.1 Å². The van der Waals surface area contributed by atoms with Gasteiger partial charge in [0.1, 0.15) is 5.82 Å². The average Bonchev–Trinajstić information content (AvgIpc) is 2.96. The molecule has 1 aliphatic rings. The van der Waals surface area contributed by atoms with Crippen molar-refractivity contribution < 1.29 is 13.2 Å². The first-order chi connectivity index (χ1) is 10.5. The van der Waals surface area contributed by atoms with E-state index >= 15 is 0 Å². The number of benzene rings is 1. The standard InChI is InChI=1S/C16H18F3N3/c17-16(18,19)13-3-1-12(2-4-13)11-15-21-9-10-22(15)14-5-7-20-8-6-14/h1-4,9-10,14,20H,5-8,11H2. The minimum absolute atomic E-state index is 0.424. The topological polar surface area (TPSA) is 29.9 Å². The molecule has 2 aromatic rings. The number of rotatable bonds is 3. The van der Waals surface area contributed by atoms with Crippen LogP contribution in [0.15, 0.2) is 36.7 Å². The Morgan fingerprint density at radius 3 is 2.45 bits per heavy atom. The third kappa shape index (κ3) is 3.32. The maximum Gasteiger partial charge on any atom is 0.416 e. The van der Waals surface area contributed by atoms with Crippen LogP contribution >= 0.6 is 0 Å². The van der Waals surface area contributed by atoms with Gasteiger partial charge >= 0.3 is 6.18 Å². The maximum atomic E-state index is 12.6. The first kappa shape index (κ1) is 15.1. The van der Waals surface area contributed by atoms with Crippen molar-refractivity contribution in [2.45, 2.75) is 31.5 Å². The summed E-state index contributed by atoms with van der Waals surface area (Å²) in [5.41, 5.74) is 0.229. The van der Waals surface area contributed by atoms with E-state index in [0.29, 0.717) is 12.5 Å². The lowest BCUT2D eigenvalue weighted by molar-refractivity contribution is -0.137. The third-order valence-electron chi connectivity index (χ3n) is 4.09. The SMILES string of the molecule is FC(F)(F)c1ccc(Cc2nccn2C2CCNCC2)cc1. The van der Waals surface area contributed by atoms with Gasteiger partial charge in [0, 0.05) is 24.9 Å².